The van der Waals surface area contributed by atoms with Gasteiger partial charge in [0.1, 0.15) is 0 Å². The fourth-order valence-electron chi connectivity index (χ4n) is 8.05. The van der Waals surface area contributed by atoms with Gasteiger partial charge in [0.25, 0.3) is 0 Å². The van der Waals surface area contributed by atoms with Gasteiger partial charge in [-0.05, 0) is 65.0 Å². The topological polar surface area (TPSA) is 30.7 Å². The molecule has 0 unspecified atom stereocenters. The molecule has 3 heterocycles. The third-order valence-electron chi connectivity index (χ3n) is 10.4. The first kappa shape index (κ1) is 29.1. The molecule has 8 aromatic carbocycles. The third-order valence-corrected chi connectivity index (χ3v) is 11.6. The molecule has 0 fully saturated rings. The maximum Gasteiger partial charge on any atom is 0.160 e. The summed E-state index contributed by atoms with van der Waals surface area (Å²) in [5.74, 6) is 0.713. The van der Waals surface area contributed by atoms with Crippen molar-refractivity contribution in [3.8, 4) is 39.5 Å². The summed E-state index contributed by atoms with van der Waals surface area (Å²) < 4.78 is 5.11. The highest BCUT2D eigenvalue weighted by Gasteiger charge is 2.21. The van der Waals surface area contributed by atoms with Gasteiger partial charge in [-0.1, -0.05) is 127 Å². The molecule has 0 atom stereocenters. The van der Waals surface area contributed by atoms with Gasteiger partial charge >= 0.3 is 0 Å². The number of fused-ring (bicyclic) bond motifs is 11. The molecule has 0 bridgehead atoms. The minimum Gasteiger partial charge on any atom is -0.309 e. The predicted octanol–water partition coefficient (Wildman–Crippen LogP) is 13.2. The number of nitrogens with zero attached hydrogens (tertiary/aromatic N) is 3. The molecular formula is C48H29N3S. The summed E-state index contributed by atoms with van der Waals surface area (Å²) in [6.07, 6.45) is 0. The molecule has 4 heteroatoms. The van der Waals surface area contributed by atoms with E-state index in [1.807, 2.05) is 17.4 Å². The zero-order valence-electron chi connectivity index (χ0n) is 28.0. The minimum absolute atomic E-state index is 0.713. The van der Waals surface area contributed by atoms with Crippen LogP contribution in [0.4, 0.5) is 0 Å². The molecule has 3 nitrogen and oxygen atoms in total. The predicted molar refractivity (Wildman–Crippen MR) is 221 cm³/mol. The molecule has 0 saturated carbocycles. The average molecular weight is 680 g/mol. The number of thiophene rings is 1. The second-order valence-corrected chi connectivity index (χ2v) is 14.4. The molecule has 0 aliphatic heterocycles. The van der Waals surface area contributed by atoms with Crippen molar-refractivity contribution >= 4 is 75.0 Å². The van der Waals surface area contributed by atoms with Gasteiger partial charge in [0.15, 0.2) is 5.82 Å². The zero-order chi connectivity index (χ0) is 34.2. The molecule has 11 aromatic rings. The van der Waals surface area contributed by atoms with Crippen LogP contribution in [0.2, 0.25) is 0 Å². The molecule has 0 aliphatic rings. The standard InChI is InChI=1S/C48H29N3S/c1-2-13-30(14-3-1)32-15-12-16-33(29-32)45-37-19-6-9-22-40(37)49-48(50-45)31-25-27-34(28-26-31)51-41-23-10-7-20-38(41)44-46(51)36-18-5-4-17-35(36)43-39-21-8-11-24-42(39)52-47(43)44/h1-29H. The molecule has 3 aromatic heterocycles. The Morgan fingerprint density at radius 2 is 1.08 bits per heavy atom. The molecule has 0 radical (unpaired) electrons. The summed E-state index contributed by atoms with van der Waals surface area (Å²) in [4.78, 5) is 10.3. The first-order valence-corrected chi connectivity index (χ1v) is 18.4. The van der Waals surface area contributed by atoms with Crippen molar-refractivity contribution in [2.45, 2.75) is 0 Å². The Morgan fingerprint density at radius 1 is 0.423 bits per heavy atom. The Kier molecular flexibility index (Phi) is 6.42. The van der Waals surface area contributed by atoms with E-state index in [0.717, 1.165) is 33.4 Å². The normalized spacial score (nSPS) is 11.8. The van der Waals surface area contributed by atoms with Crippen molar-refractivity contribution in [1.29, 1.82) is 0 Å². The van der Waals surface area contributed by atoms with Crippen LogP contribution < -0.4 is 0 Å². The Labute approximate surface area is 303 Å². The van der Waals surface area contributed by atoms with Crippen LogP contribution in [0, 0.1) is 0 Å². The highest BCUT2D eigenvalue weighted by Crippen LogP contribution is 2.48. The Bertz CT molecular complexity index is 3170. The molecule has 242 valence electrons. The molecule has 0 N–H and O–H groups in total. The van der Waals surface area contributed by atoms with Crippen LogP contribution in [-0.2, 0) is 0 Å². The number of benzene rings is 8. The van der Waals surface area contributed by atoms with Crippen LogP contribution in [0.15, 0.2) is 176 Å². The lowest BCUT2D eigenvalue weighted by Gasteiger charge is -2.13. The van der Waals surface area contributed by atoms with E-state index in [9.17, 15) is 0 Å². The van der Waals surface area contributed by atoms with E-state index < -0.39 is 0 Å². The molecule has 11 rings (SSSR count). The van der Waals surface area contributed by atoms with Crippen molar-refractivity contribution in [2.75, 3.05) is 0 Å². The van der Waals surface area contributed by atoms with Gasteiger partial charge in [-0.2, -0.15) is 0 Å². The van der Waals surface area contributed by atoms with E-state index in [4.69, 9.17) is 9.97 Å². The number of hydrogen-bond donors (Lipinski definition) is 0. The highest BCUT2D eigenvalue weighted by atomic mass is 32.1. The summed E-state index contributed by atoms with van der Waals surface area (Å²) in [6.45, 7) is 0. The van der Waals surface area contributed by atoms with Crippen LogP contribution in [0.1, 0.15) is 0 Å². The van der Waals surface area contributed by atoms with Crippen molar-refractivity contribution in [1.82, 2.24) is 14.5 Å². The highest BCUT2D eigenvalue weighted by molar-refractivity contribution is 7.27. The van der Waals surface area contributed by atoms with Gasteiger partial charge in [0.2, 0.25) is 0 Å². The Morgan fingerprint density at radius 3 is 1.92 bits per heavy atom. The van der Waals surface area contributed by atoms with Gasteiger partial charge in [0.05, 0.1) is 22.2 Å². The SMILES string of the molecule is c1ccc(-c2cccc(-c3nc(-c4ccc(-n5c6ccccc6c6c7sc8ccccc8c7c7ccccc7c65)cc4)nc4ccccc34)c2)cc1. The second-order valence-electron chi connectivity index (χ2n) is 13.3. The minimum atomic E-state index is 0.713. The fraction of sp³-hybridized carbons (Fsp3) is 0. The zero-order valence-corrected chi connectivity index (χ0v) is 28.8. The van der Waals surface area contributed by atoms with E-state index >= 15 is 0 Å². The van der Waals surface area contributed by atoms with E-state index in [1.54, 1.807) is 0 Å². The summed E-state index contributed by atoms with van der Waals surface area (Å²) in [5, 5.41) is 8.84. The van der Waals surface area contributed by atoms with Crippen LogP contribution in [-0.4, -0.2) is 14.5 Å². The first-order chi connectivity index (χ1) is 25.8. The van der Waals surface area contributed by atoms with E-state index in [1.165, 1.54) is 63.9 Å². The van der Waals surface area contributed by atoms with Gasteiger partial charge in [0, 0.05) is 58.5 Å². The number of aromatic nitrogens is 3. The largest absolute Gasteiger partial charge is 0.309 e. The van der Waals surface area contributed by atoms with Crippen LogP contribution in [0.5, 0.6) is 0 Å². The Hall–Kier alpha value is -6.62. The van der Waals surface area contributed by atoms with Gasteiger partial charge in [-0.3, -0.25) is 0 Å². The van der Waals surface area contributed by atoms with E-state index in [-0.39, 0.29) is 0 Å². The number of rotatable bonds is 4. The Balaban J connectivity index is 1.11. The van der Waals surface area contributed by atoms with Gasteiger partial charge in [-0.25, -0.2) is 9.97 Å². The summed E-state index contributed by atoms with van der Waals surface area (Å²) >= 11 is 1.90. The van der Waals surface area contributed by atoms with Crippen LogP contribution >= 0.6 is 11.3 Å². The summed E-state index contributed by atoms with van der Waals surface area (Å²) in [5.41, 5.74) is 9.81. The quantitative estimate of drug-likeness (QED) is 0.185. The molecule has 0 spiro atoms. The molecule has 0 amide bonds. The number of para-hydroxylation sites is 2. The maximum absolute atomic E-state index is 5.25. The van der Waals surface area contributed by atoms with Crippen molar-refractivity contribution in [3.63, 3.8) is 0 Å². The fourth-order valence-corrected chi connectivity index (χ4v) is 9.33. The summed E-state index contributed by atoms with van der Waals surface area (Å²) in [6, 6.07) is 62.8. The van der Waals surface area contributed by atoms with Crippen molar-refractivity contribution in [3.05, 3.63) is 176 Å². The maximum atomic E-state index is 5.25. The molecule has 0 aliphatic carbocycles. The monoisotopic (exact) mass is 679 g/mol. The average Bonchev–Trinajstić information content (AvgIpc) is 3.78. The molecule has 0 saturated heterocycles. The third kappa shape index (κ3) is 4.38. The second kappa shape index (κ2) is 11.5. The van der Waals surface area contributed by atoms with Crippen molar-refractivity contribution in [2.24, 2.45) is 0 Å². The molecular weight excluding hydrogens is 651 g/mol. The smallest absolute Gasteiger partial charge is 0.160 e. The first-order valence-electron chi connectivity index (χ1n) is 17.6. The lowest BCUT2D eigenvalue weighted by atomic mass is 9.99. The summed E-state index contributed by atoms with van der Waals surface area (Å²) in [7, 11) is 0. The lowest BCUT2D eigenvalue weighted by Crippen LogP contribution is -1.97. The van der Waals surface area contributed by atoms with Crippen LogP contribution in [0.3, 0.4) is 0 Å². The lowest BCUT2D eigenvalue weighted by molar-refractivity contribution is 1.18. The van der Waals surface area contributed by atoms with Crippen molar-refractivity contribution < 1.29 is 0 Å². The number of hydrogen-bond acceptors (Lipinski definition) is 3. The van der Waals surface area contributed by atoms with E-state index in [0.29, 0.717) is 5.82 Å². The van der Waals surface area contributed by atoms with Gasteiger partial charge < -0.3 is 4.57 Å². The van der Waals surface area contributed by atoms with E-state index in [2.05, 4.69) is 174 Å². The van der Waals surface area contributed by atoms with Gasteiger partial charge in [-0.15, -0.1) is 11.3 Å². The van der Waals surface area contributed by atoms with Crippen LogP contribution in [0.25, 0.3) is 103 Å². The molecule has 52 heavy (non-hydrogen) atoms.